The number of aliphatic hydroxyl groups is 1. The Balaban J connectivity index is 1.91. The van der Waals surface area contributed by atoms with Crippen LogP contribution in [0.1, 0.15) is 19.5 Å². The minimum absolute atomic E-state index is 0.0127. The molecule has 1 aliphatic heterocycles. The van der Waals surface area contributed by atoms with Crippen molar-refractivity contribution in [2.75, 3.05) is 6.61 Å². The number of ether oxygens (including phenoxy) is 3. The number of fused-ring (bicyclic) bond motifs is 1. The van der Waals surface area contributed by atoms with Gasteiger partial charge in [0.2, 0.25) is 11.7 Å². The van der Waals surface area contributed by atoms with Crippen LogP contribution in [0.2, 0.25) is 15.1 Å². The van der Waals surface area contributed by atoms with Crippen LogP contribution < -0.4 is 10.2 Å². The highest BCUT2D eigenvalue weighted by atomic mass is 35.5. The molecule has 0 fully saturated rings. The standard InChI is InChI=1S/C21H17Cl3N2O5/c1-21(2)30-10-12(31-21)9-29-20-17-16(28)6-11(8-27)26(19(17)15(24)7-25-20)18-13(22)4-3-5-14(18)23/h3-7,10,27H,8-9H2,1-2H3. The van der Waals surface area contributed by atoms with Crippen LogP contribution in [0.4, 0.5) is 0 Å². The molecule has 1 aromatic carbocycles. The van der Waals surface area contributed by atoms with Gasteiger partial charge in [-0.1, -0.05) is 40.9 Å². The van der Waals surface area contributed by atoms with Crippen LogP contribution in [0.25, 0.3) is 16.6 Å². The van der Waals surface area contributed by atoms with Gasteiger partial charge < -0.3 is 23.9 Å². The molecule has 0 atom stereocenters. The highest BCUT2D eigenvalue weighted by Crippen LogP contribution is 2.36. The predicted molar refractivity (Wildman–Crippen MR) is 118 cm³/mol. The number of aliphatic hydroxyl groups excluding tert-OH is 1. The summed E-state index contributed by atoms with van der Waals surface area (Å²) in [6.07, 6.45) is 2.80. The average molecular weight is 484 g/mol. The maximum atomic E-state index is 12.9. The van der Waals surface area contributed by atoms with Gasteiger partial charge in [-0.3, -0.25) is 4.79 Å². The number of hydrogen-bond acceptors (Lipinski definition) is 6. The lowest BCUT2D eigenvalue weighted by molar-refractivity contribution is -0.119. The van der Waals surface area contributed by atoms with Gasteiger partial charge in [-0.25, -0.2) is 4.98 Å². The summed E-state index contributed by atoms with van der Waals surface area (Å²) >= 11 is 19.3. The van der Waals surface area contributed by atoms with Crippen molar-refractivity contribution < 1.29 is 19.3 Å². The van der Waals surface area contributed by atoms with Crippen LogP contribution in [0.15, 0.2) is 47.3 Å². The lowest BCUT2D eigenvalue weighted by atomic mass is 10.2. The third kappa shape index (κ3) is 4.06. The number of hydrogen-bond donors (Lipinski definition) is 1. The Morgan fingerprint density at radius 1 is 1.19 bits per heavy atom. The first-order valence-electron chi connectivity index (χ1n) is 9.19. The van der Waals surface area contributed by atoms with E-state index in [-0.39, 0.29) is 34.1 Å². The molecule has 0 spiro atoms. The van der Waals surface area contributed by atoms with Crippen molar-refractivity contribution in [1.82, 2.24) is 9.55 Å². The second-order valence-electron chi connectivity index (χ2n) is 7.19. The summed E-state index contributed by atoms with van der Waals surface area (Å²) < 4.78 is 18.3. The summed E-state index contributed by atoms with van der Waals surface area (Å²) in [5.74, 6) is -0.311. The Morgan fingerprint density at radius 3 is 2.52 bits per heavy atom. The molecule has 3 aromatic rings. The van der Waals surface area contributed by atoms with Crippen molar-refractivity contribution >= 4 is 45.7 Å². The fraction of sp³-hybridized carbons (Fsp3) is 0.238. The molecule has 3 heterocycles. The van der Waals surface area contributed by atoms with Gasteiger partial charge >= 0.3 is 0 Å². The molecule has 0 radical (unpaired) electrons. The minimum atomic E-state index is -0.794. The Labute approximate surface area is 192 Å². The van der Waals surface area contributed by atoms with Gasteiger partial charge in [0.05, 0.1) is 44.8 Å². The number of halogens is 3. The smallest absolute Gasteiger partial charge is 0.244 e. The normalized spacial score (nSPS) is 14.8. The molecule has 2 aromatic heterocycles. The molecule has 0 saturated carbocycles. The SMILES string of the molecule is CC1(C)OC=C(COc2ncc(Cl)c3c2c(=O)cc(CO)n3-c2c(Cl)cccc2Cl)O1. The van der Waals surface area contributed by atoms with E-state index >= 15 is 0 Å². The third-order valence-corrected chi connectivity index (χ3v) is 5.44. The largest absolute Gasteiger partial charge is 0.469 e. The van der Waals surface area contributed by atoms with Crippen LogP contribution in [0, 0.1) is 0 Å². The predicted octanol–water partition coefficient (Wildman–Crippen LogP) is 4.84. The molecule has 4 rings (SSSR count). The first-order chi connectivity index (χ1) is 14.7. The summed E-state index contributed by atoms with van der Waals surface area (Å²) in [6, 6.07) is 6.25. The Kier molecular flexibility index (Phi) is 5.79. The van der Waals surface area contributed by atoms with E-state index in [1.165, 1.54) is 23.1 Å². The third-order valence-electron chi connectivity index (χ3n) is 4.55. The van der Waals surface area contributed by atoms with Crippen molar-refractivity contribution in [2.45, 2.75) is 26.2 Å². The highest BCUT2D eigenvalue weighted by molar-refractivity contribution is 6.38. The lowest BCUT2D eigenvalue weighted by Gasteiger charge is -2.20. The van der Waals surface area contributed by atoms with Crippen molar-refractivity contribution in [2.24, 2.45) is 0 Å². The van der Waals surface area contributed by atoms with Gasteiger partial charge in [0.25, 0.3) is 0 Å². The first kappa shape index (κ1) is 21.8. The van der Waals surface area contributed by atoms with Gasteiger partial charge in [0, 0.05) is 19.9 Å². The van der Waals surface area contributed by atoms with Crippen molar-refractivity contribution in [3.05, 3.63) is 73.5 Å². The molecule has 0 amide bonds. The van der Waals surface area contributed by atoms with Crippen molar-refractivity contribution in [3.8, 4) is 11.6 Å². The summed E-state index contributed by atoms with van der Waals surface area (Å²) in [4.78, 5) is 17.1. The molecule has 162 valence electrons. The molecule has 7 nitrogen and oxygen atoms in total. The number of para-hydroxylation sites is 1. The van der Waals surface area contributed by atoms with E-state index in [1.54, 1.807) is 32.0 Å². The Bertz CT molecular complexity index is 1250. The Hall–Kier alpha value is -2.45. The van der Waals surface area contributed by atoms with E-state index in [2.05, 4.69) is 4.98 Å². The topological polar surface area (TPSA) is 82.8 Å². The first-order valence-corrected chi connectivity index (χ1v) is 10.3. The summed E-state index contributed by atoms with van der Waals surface area (Å²) in [7, 11) is 0. The monoisotopic (exact) mass is 482 g/mol. The van der Waals surface area contributed by atoms with E-state index in [0.29, 0.717) is 21.5 Å². The van der Waals surface area contributed by atoms with E-state index in [1.807, 2.05) is 0 Å². The van der Waals surface area contributed by atoms with Gasteiger partial charge in [-0.15, -0.1) is 0 Å². The van der Waals surface area contributed by atoms with Gasteiger partial charge in [-0.2, -0.15) is 0 Å². The fourth-order valence-corrected chi connectivity index (χ4v) is 4.09. The molecule has 0 aliphatic carbocycles. The summed E-state index contributed by atoms with van der Waals surface area (Å²) in [5.41, 5.74) is 0.456. The van der Waals surface area contributed by atoms with Gasteiger partial charge in [0.15, 0.2) is 17.8 Å². The van der Waals surface area contributed by atoms with Gasteiger partial charge in [-0.05, 0) is 12.1 Å². The number of nitrogens with zero attached hydrogens (tertiary/aromatic N) is 2. The van der Waals surface area contributed by atoms with Crippen molar-refractivity contribution in [1.29, 1.82) is 0 Å². The van der Waals surface area contributed by atoms with Crippen LogP contribution in [-0.2, 0) is 16.1 Å². The van der Waals surface area contributed by atoms with Gasteiger partial charge in [0.1, 0.15) is 11.6 Å². The van der Waals surface area contributed by atoms with Crippen LogP contribution in [0.3, 0.4) is 0 Å². The zero-order valence-corrected chi connectivity index (χ0v) is 18.8. The number of benzene rings is 1. The summed E-state index contributed by atoms with van der Waals surface area (Å²) in [5, 5.41) is 10.8. The zero-order chi connectivity index (χ0) is 22.3. The Morgan fingerprint density at radius 2 is 1.90 bits per heavy atom. The molecule has 0 unspecified atom stereocenters. The fourth-order valence-electron chi connectivity index (χ4n) is 3.29. The van der Waals surface area contributed by atoms with E-state index in [9.17, 15) is 9.90 Å². The number of pyridine rings is 2. The lowest BCUT2D eigenvalue weighted by Crippen LogP contribution is -2.21. The van der Waals surface area contributed by atoms with Crippen molar-refractivity contribution in [3.63, 3.8) is 0 Å². The molecule has 10 heteroatoms. The van der Waals surface area contributed by atoms with Crippen LogP contribution >= 0.6 is 34.8 Å². The van der Waals surface area contributed by atoms with Crippen LogP contribution in [0.5, 0.6) is 5.88 Å². The molecular weight excluding hydrogens is 467 g/mol. The van der Waals surface area contributed by atoms with E-state index in [0.717, 1.165) is 0 Å². The second kappa shape index (κ2) is 8.24. The molecule has 1 N–H and O–H groups in total. The van der Waals surface area contributed by atoms with Crippen LogP contribution in [-0.4, -0.2) is 27.1 Å². The molecule has 0 saturated heterocycles. The number of aromatic nitrogens is 2. The molecule has 0 bridgehead atoms. The second-order valence-corrected chi connectivity index (χ2v) is 8.41. The summed E-state index contributed by atoms with van der Waals surface area (Å²) in [6.45, 7) is 3.06. The molecular formula is C21H17Cl3N2O5. The maximum Gasteiger partial charge on any atom is 0.244 e. The number of rotatable bonds is 5. The maximum absolute atomic E-state index is 12.9. The van der Waals surface area contributed by atoms with E-state index in [4.69, 9.17) is 49.0 Å². The zero-order valence-electron chi connectivity index (χ0n) is 16.5. The molecule has 1 aliphatic rings. The quantitative estimate of drug-likeness (QED) is 0.559. The minimum Gasteiger partial charge on any atom is -0.469 e. The average Bonchev–Trinajstić information content (AvgIpc) is 3.07. The highest BCUT2D eigenvalue weighted by Gasteiger charge is 2.28. The van der Waals surface area contributed by atoms with E-state index < -0.39 is 17.8 Å². The molecule has 31 heavy (non-hydrogen) atoms.